The van der Waals surface area contributed by atoms with Crippen molar-refractivity contribution >= 4 is 35.3 Å². The summed E-state index contributed by atoms with van der Waals surface area (Å²) in [7, 11) is 0. The van der Waals surface area contributed by atoms with Crippen molar-refractivity contribution in [3.05, 3.63) is 69.5 Å². The molecule has 0 spiro atoms. The van der Waals surface area contributed by atoms with E-state index in [0.717, 1.165) is 6.07 Å². The van der Waals surface area contributed by atoms with E-state index in [1.165, 1.54) is 24.4 Å². The van der Waals surface area contributed by atoms with Crippen LogP contribution in [0.5, 0.6) is 0 Å². The maximum absolute atomic E-state index is 13.0. The minimum absolute atomic E-state index is 0.191. The first-order valence-electron chi connectivity index (χ1n) is 5.60. The van der Waals surface area contributed by atoms with Crippen molar-refractivity contribution in [1.29, 1.82) is 0 Å². The van der Waals surface area contributed by atoms with Gasteiger partial charge in [-0.05, 0) is 35.9 Å². The zero-order chi connectivity index (χ0) is 14.5. The predicted octanol–water partition coefficient (Wildman–Crippen LogP) is 3.90. The van der Waals surface area contributed by atoms with Gasteiger partial charge in [-0.2, -0.15) is 5.10 Å². The van der Waals surface area contributed by atoms with Gasteiger partial charge in [0.1, 0.15) is 5.82 Å². The number of benzene rings is 2. The lowest BCUT2D eigenvalue weighted by Crippen LogP contribution is -2.17. The highest BCUT2D eigenvalue weighted by atomic mass is 35.5. The summed E-state index contributed by atoms with van der Waals surface area (Å²) in [6, 6.07) is 10.3. The molecule has 3 nitrogen and oxygen atoms in total. The second kappa shape index (κ2) is 6.50. The molecule has 1 N–H and O–H groups in total. The number of halogens is 3. The Hall–Kier alpha value is -1.91. The summed E-state index contributed by atoms with van der Waals surface area (Å²) in [5.41, 5.74) is 3.17. The Labute approximate surface area is 125 Å². The zero-order valence-electron chi connectivity index (χ0n) is 10.1. The van der Waals surface area contributed by atoms with E-state index < -0.39 is 11.7 Å². The fraction of sp³-hybridized carbons (Fsp3) is 0. The summed E-state index contributed by atoms with van der Waals surface area (Å²) >= 11 is 11.6. The van der Waals surface area contributed by atoms with Crippen LogP contribution in [0.15, 0.2) is 47.6 Å². The molecule has 0 unspecified atom stereocenters. The number of amides is 1. The normalized spacial score (nSPS) is 10.8. The van der Waals surface area contributed by atoms with E-state index in [1.54, 1.807) is 18.2 Å². The molecule has 0 aromatic heterocycles. The number of hydrogen-bond acceptors (Lipinski definition) is 2. The van der Waals surface area contributed by atoms with Gasteiger partial charge in [-0.1, -0.05) is 35.3 Å². The largest absolute Gasteiger partial charge is 0.271 e. The first kappa shape index (κ1) is 14.5. The third-order valence-electron chi connectivity index (χ3n) is 2.41. The van der Waals surface area contributed by atoms with Crippen LogP contribution < -0.4 is 5.43 Å². The van der Waals surface area contributed by atoms with Crippen LogP contribution >= 0.6 is 23.2 Å². The van der Waals surface area contributed by atoms with Crippen LogP contribution in [0.4, 0.5) is 4.39 Å². The van der Waals surface area contributed by atoms with E-state index in [4.69, 9.17) is 23.2 Å². The molecule has 2 rings (SSSR count). The Bertz CT molecular complexity index is 674. The second-order valence-electron chi connectivity index (χ2n) is 3.88. The molecule has 0 aliphatic rings. The molecule has 102 valence electrons. The van der Waals surface area contributed by atoms with Crippen LogP contribution in [0.3, 0.4) is 0 Å². The van der Waals surface area contributed by atoms with Crippen LogP contribution in [0, 0.1) is 5.82 Å². The maximum atomic E-state index is 13.0. The van der Waals surface area contributed by atoms with E-state index in [-0.39, 0.29) is 5.56 Å². The quantitative estimate of drug-likeness (QED) is 0.678. The third kappa shape index (κ3) is 3.79. The molecule has 1 amide bonds. The van der Waals surface area contributed by atoms with Crippen molar-refractivity contribution in [2.24, 2.45) is 5.10 Å². The number of nitrogens with zero attached hydrogens (tertiary/aromatic N) is 1. The van der Waals surface area contributed by atoms with Gasteiger partial charge in [0.25, 0.3) is 5.91 Å². The van der Waals surface area contributed by atoms with Gasteiger partial charge < -0.3 is 0 Å². The highest BCUT2D eigenvalue weighted by molar-refractivity contribution is 6.42. The van der Waals surface area contributed by atoms with Gasteiger partial charge in [-0.3, -0.25) is 4.79 Å². The van der Waals surface area contributed by atoms with Crippen molar-refractivity contribution in [3.63, 3.8) is 0 Å². The van der Waals surface area contributed by atoms with Gasteiger partial charge in [-0.15, -0.1) is 0 Å². The summed E-state index contributed by atoms with van der Waals surface area (Å²) in [6.07, 6.45) is 1.42. The highest BCUT2D eigenvalue weighted by Gasteiger charge is 2.04. The molecule has 0 aliphatic carbocycles. The third-order valence-corrected chi connectivity index (χ3v) is 3.15. The van der Waals surface area contributed by atoms with Gasteiger partial charge in [0.15, 0.2) is 0 Å². The van der Waals surface area contributed by atoms with Crippen LogP contribution in [-0.2, 0) is 0 Å². The van der Waals surface area contributed by atoms with Crippen LogP contribution in [-0.4, -0.2) is 12.1 Å². The van der Waals surface area contributed by atoms with E-state index in [9.17, 15) is 9.18 Å². The molecule has 0 saturated heterocycles. The number of carbonyl (C=O) groups is 1. The average Bonchev–Trinajstić information content (AvgIpc) is 2.42. The molecule has 0 radical (unpaired) electrons. The first-order chi connectivity index (χ1) is 9.56. The van der Waals surface area contributed by atoms with E-state index >= 15 is 0 Å². The fourth-order valence-electron chi connectivity index (χ4n) is 1.45. The van der Waals surface area contributed by atoms with E-state index in [1.807, 2.05) is 0 Å². The minimum Gasteiger partial charge on any atom is -0.267 e. The molecule has 0 heterocycles. The van der Waals surface area contributed by atoms with Crippen LogP contribution in [0.2, 0.25) is 10.0 Å². The molecule has 0 bridgehead atoms. The minimum atomic E-state index is -0.499. The average molecular weight is 311 g/mol. The molecule has 20 heavy (non-hydrogen) atoms. The summed E-state index contributed by atoms with van der Waals surface area (Å²) in [5, 5.41) is 4.60. The number of hydrogen-bond donors (Lipinski definition) is 1. The second-order valence-corrected chi connectivity index (χ2v) is 4.70. The van der Waals surface area contributed by atoms with Crippen molar-refractivity contribution in [2.75, 3.05) is 0 Å². The summed E-state index contributed by atoms with van der Waals surface area (Å²) in [4.78, 5) is 11.7. The molecular weight excluding hydrogens is 302 g/mol. The molecule has 0 saturated carbocycles. The Morgan fingerprint density at radius 3 is 2.65 bits per heavy atom. The Morgan fingerprint density at radius 1 is 1.15 bits per heavy atom. The number of hydrazone groups is 1. The summed E-state index contributed by atoms with van der Waals surface area (Å²) in [6.45, 7) is 0. The van der Waals surface area contributed by atoms with Gasteiger partial charge in [0.2, 0.25) is 0 Å². The lowest BCUT2D eigenvalue weighted by atomic mass is 10.2. The Balaban J connectivity index is 2.02. The first-order valence-corrected chi connectivity index (χ1v) is 6.36. The van der Waals surface area contributed by atoms with E-state index in [0.29, 0.717) is 15.6 Å². The SMILES string of the molecule is O=C(N/N=C/c1ccc(Cl)c(Cl)c1)c1cccc(F)c1. The Morgan fingerprint density at radius 2 is 1.95 bits per heavy atom. The molecular formula is C14H9Cl2FN2O. The number of rotatable bonds is 3. The number of nitrogens with one attached hydrogen (secondary N) is 1. The van der Waals surface area contributed by atoms with Crippen molar-refractivity contribution in [3.8, 4) is 0 Å². The van der Waals surface area contributed by atoms with Crippen LogP contribution in [0.25, 0.3) is 0 Å². The zero-order valence-corrected chi connectivity index (χ0v) is 11.6. The molecule has 2 aromatic rings. The van der Waals surface area contributed by atoms with Gasteiger partial charge in [-0.25, -0.2) is 9.82 Å². The highest BCUT2D eigenvalue weighted by Crippen LogP contribution is 2.21. The fourth-order valence-corrected chi connectivity index (χ4v) is 1.76. The lowest BCUT2D eigenvalue weighted by Gasteiger charge is -2.00. The van der Waals surface area contributed by atoms with Crippen molar-refractivity contribution < 1.29 is 9.18 Å². The van der Waals surface area contributed by atoms with Gasteiger partial charge in [0.05, 0.1) is 16.3 Å². The lowest BCUT2D eigenvalue weighted by molar-refractivity contribution is 0.0954. The molecule has 0 fully saturated rings. The molecule has 6 heteroatoms. The van der Waals surface area contributed by atoms with Gasteiger partial charge >= 0.3 is 0 Å². The predicted molar refractivity (Wildman–Crippen MR) is 77.9 cm³/mol. The maximum Gasteiger partial charge on any atom is 0.271 e. The van der Waals surface area contributed by atoms with Crippen LogP contribution in [0.1, 0.15) is 15.9 Å². The topological polar surface area (TPSA) is 41.5 Å². The monoisotopic (exact) mass is 310 g/mol. The number of carbonyl (C=O) groups excluding carboxylic acids is 1. The molecule has 2 aromatic carbocycles. The molecule has 0 aliphatic heterocycles. The standard InChI is InChI=1S/C14H9Cl2FN2O/c15-12-5-4-9(6-13(12)16)8-18-19-14(20)10-2-1-3-11(17)7-10/h1-8H,(H,19,20)/b18-8+. The Kier molecular flexibility index (Phi) is 4.71. The van der Waals surface area contributed by atoms with Crippen molar-refractivity contribution in [1.82, 2.24) is 5.43 Å². The van der Waals surface area contributed by atoms with E-state index in [2.05, 4.69) is 10.5 Å². The van der Waals surface area contributed by atoms with Crippen molar-refractivity contribution in [2.45, 2.75) is 0 Å². The summed E-state index contributed by atoms with van der Waals surface area (Å²) in [5.74, 6) is -0.980. The smallest absolute Gasteiger partial charge is 0.267 e. The van der Waals surface area contributed by atoms with Gasteiger partial charge in [0, 0.05) is 5.56 Å². The molecule has 0 atom stereocenters. The summed E-state index contributed by atoms with van der Waals surface area (Å²) < 4.78 is 13.0.